The Kier molecular flexibility index (Phi) is 7.66. The highest BCUT2D eigenvalue weighted by Gasteiger charge is 2.28. The second-order valence-electron chi connectivity index (χ2n) is 10.9. The third-order valence-electron chi connectivity index (χ3n) is 7.48. The first-order valence-electron chi connectivity index (χ1n) is 14.7. The lowest BCUT2D eigenvalue weighted by Crippen LogP contribution is -2.19. The molecule has 1 unspecified atom stereocenters. The van der Waals surface area contributed by atoms with Crippen molar-refractivity contribution < 1.29 is 27.6 Å². The van der Waals surface area contributed by atoms with E-state index in [9.17, 15) is 14.0 Å². The molecule has 7 rings (SSSR count). The van der Waals surface area contributed by atoms with E-state index in [1.54, 1.807) is 53.3 Å². The van der Waals surface area contributed by atoms with Gasteiger partial charge in [0.25, 0.3) is 5.91 Å². The van der Waals surface area contributed by atoms with E-state index in [0.29, 0.717) is 51.7 Å². The van der Waals surface area contributed by atoms with Gasteiger partial charge in [-0.25, -0.2) is 14.4 Å². The van der Waals surface area contributed by atoms with Crippen LogP contribution in [0.5, 0.6) is 11.6 Å². The Labute approximate surface area is 267 Å². The lowest BCUT2D eigenvalue weighted by atomic mass is 9.88. The van der Waals surface area contributed by atoms with Crippen molar-refractivity contribution >= 4 is 28.6 Å². The van der Waals surface area contributed by atoms with Gasteiger partial charge in [0.2, 0.25) is 17.5 Å². The molecule has 2 N–H and O–H groups in total. The quantitative estimate of drug-likeness (QED) is 0.181. The summed E-state index contributed by atoms with van der Waals surface area (Å²) in [5, 5.41) is 10.6. The van der Waals surface area contributed by atoms with Crippen molar-refractivity contribution in [1.82, 2.24) is 25.1 Å². The zero-order valence-electron chi connectivity index (χ0n) is 25.2. The molecule has 0 bridgehead atoms. The summed E-state index contributed by atoms with van der Waals surface area (Å²) in [4.78, 5) is 33.5. The molecule has 0 saturated heterocycles. The molecule has 0 fully saturated rings. The van der Waals surface area contributed by atoms with Crippen LogP contribution in [0.4, 0.5) is 10.1 Å². The number of furan rings is 2. The van der Waals surface area contributed by atoms with Crippen LogP contribution in [0.15, 0.2) is 112 Å². The summed E-state index contributed by atoms with van der Waals surface area (Å²) < 4.78 is 33.5. The molecule has 2 aromatic carbocycles. The van der Waals surface area contributed by atoms with Gasteiger partial charge in [-0.1, -0.05) is 24.3 Å². The second-order valence-corrected chi connectivity index (χ2v) is 10.9. The van der Waals surface area contributed by atoms with Gasteiger partial charge in [0, 0.05) is 48.6 Å². The molecule has 1 aliphatic carbocycles. The highest BCUT2D eigenvalue weighted by atomic mass is 19.1. The van der Waals surface area contributed by atoms with Gasteiger partial charge < -0.3 is 24.2 Å². The van der Waals surface area contributed by atoms with Crippen molar-refractivity contribution in [1.29, 1.82) is 0 Å². The number of aromatic nitrogens is 4. The second kappa shape index (κ2) is 12.2. The molecule has 47 heavy (non-hydrogen) atoms. The Morgan fingerprint density at radius 2 is 1.87 bits per heavy atom. The molecule has 1 aliphatic rings. The monoisotopic (exact) mass is 630 g/mol. The smallest absolute Gasteiger partial charge is 0.291 e. The van der Waals surface area contributed by atoms with Crippen molar-refractivity contribution in [3.8, 4) is 34.3 Å². The number of ether oxygens (including phenoxy) is 1. The van der Waals surface area contributed by atoms with Crippen LogP contribution < -0.4 is 15.4 Å². The molecule has 0 radical (unpaired) electrons. The first-order valence-corrected chi connectivity index (χ1v) is 14.7. The maximum absolute atomic E-state index is 13.6. The Morgan fingerprint density at radius 1 is 1.02 bits per heavy atom. The number of fused-ring (bicyclic) bond motifs is 1. The molecule has 0 saturated carbocycles. The van der Waals surface area contributed by atoms with Crippen molar-refractivity contribution in [2.24, 2.45) is 7.05 Å². The lowest BCUT2D eigenvalue weighted by molar-refractivity contribution is -0.118. The van der Waals surface area contributed by atoms with Crippen molar-refractivity contribution in [2.45, 2.75) is 19.3 Å². The Bertz CT molecular complexity index is 2190. The number of aryl methyl sites for hydroxylation is 1. The van der Waals surface area contributed by atoms with Gasteiger partial charge in [0.1, 0.15) is 34.8 Å². The van der Waals surface area contributed by atoms with E-state index >= 15 is 0 Å². The number of carbonyl (C=O) groups is 2. The number of nitrogens with one attached hydrogen (secondary N) is 2. The first-order chi connectivity index (χ1) is 22.8. The number of carbonyl (C=O) groups excluding carboxylic acids is 2. The number of anilines is 1. The molecule has 12 heteroatoms. The fourth-order valence-corrected chi connectivity index (χ4v) is 5.45. The molecular weight excluding hydrogens is 603 g/mol. The number of hydrogen-bond acceptors (Lipinski definition) is 8. The number of halogens is 1. The SMILES string of the molecule is CC(=O)NC1=CC(c2c(-c3cnn(C)c3)oc3ncnc(Oc4ccc(NC(=O)c5ccc(-c6cccc(F)c6)o5)cc4)c23)CC=C1. The first kappa shape index (κ1) is 29.4. The molecule has 4 heterocycles. The van der Waals surface area contributed by atoms with Crippen LogP contribution in [0.1, 0.15) is 35.4 Å². The van der Waals surface area contributed by atoms with E-state index in [1.807, 2.05) is 31.5 Å². The predicted molar refractivity (Wildman–Crippen MR) is 171 cm³/mol. The van der Waals surface area contributed by atoms with Crippen molar-refractivity contribution in [2.75, 3.05) is 5.32 Å². The average molecular weight is 631 g/mol. The highest BCUT2D eigenvalue weighted by Crippen LogP contribution is 2.44. The molecule has 4 aromatic heterocycles. The van der Waals surface area contributed by atoms with Crippen LogP contribution in [0.3, 0.4) is 0 Å². The number of rotatable bonds is 8. The van der Waals surface area contributed by atoms with Gasteiger partial charge in [-0.2, -0.15) is 5.10 Å². The summed E-state index contributed by atoms with van der Waals surface area (Å²) in [5.74, 6) is 0.568. The van der Waals surface area contributed by atoms with Crippen molar-refractivity contribution in [3.63, 3.8) is 0 Å². The lowest BCUT2D eigenvalue weighted by Gasteiger charge is -2.18. The summed E-state index contributed by atoms with van der Waals surface area (Å²) in [6.07, 6.45) is 11.4. The third-order valence-corrected chi connectivity index (χ3v) is 7.48. The minimum Gasteiger partial charge on any atom is -0.451 e. The number of hydrogen-bond donors (Lipinski definition) is 2. The van der Waals surface area contributed by atoms with Crippen LogP contribution in [-0.4, -0.2) is 31.6 Å². The fraction of sp³-hybridized carbons (Fsp3) is 0.114. The van der Waals surface area contributed by atoms with Gasteiger partial charge in [-0.15, -0.1) is 0 Å². The van der Waals surface area contributed by atoms with Crippen LogP contribution in [0.2, 0.25) is 0 Å². The fourth-order valence-electron chi connectivity index (χ4n) is 5.45. The van der Waals surface area contributed by atoms with Gasteiger partial charge in [-0.3, -0.25) is 14.3 Å². The predicted octanol–water partition coefficient (Wildman–Crippen LogP) is 7.13. The van der Waals surface area contributed by atoms with Gasteiger partial charge in [0.05, 0.1) is 11.8 Å². The maximum atomic E-state index is 13.6. The topological polar surface area (TPSA) is 137 Å². The number of amides is 2. The molecule has 0 spiro atoms. The van der Waals surface area contributed by atoms with Gasteiger partial charge in [-0.05, 0) is 61.0 Å². The average Bonchev–Trinajstić information content (AvgIpc) is 3.81. The summed E-state index contributed by atoms with van der Waals surface area (Å²) in [5.41, 5.74) is 3.61. The molecule has 2 amide bonds. The number of allylic oxidation sites excluding steroid dienone is 3. The van der Waals surface area contributed by atoms with E-state index in [1.165, 1.54) is 31.5 Å². The molecule has 0 aliphatic heterocycles. The van der Waals surface area contributed by atoms with Crippen LogP contribution in [-0.2, 0) is 11.8 Å². The molecule has 11 nitrogen and oxygen atoms in total. The third kappa shape index (κ3) is 6.16. The maximum Gasteiger partial charge on any atom is 0.291 e. The van der Waals surface area contributed by atoms with E-state index in [4.69, 9.17) is 13.6 Å². The normalized spacial score (nSPS) is 14.2. The molecular formula is C35H27FN6O5. The zero-order chi connectivity index (χ0) is 32.5. The summed E-state index contributed by atoms with van der Waals surface area (Å²) in [7, 11) is 1.82. The number of nitrogens with zero attached hydrogens (tertiary/aromatic N) is 4. The summed E-state index contributed by atoms with van der Waals surface area (Å²) >= 11 is 0. The Hall–Kier alpha value is -6.30. The van der Waals surface area contributed by atoms with Gasteiger partial charge in [0.15, 0.2) is 5.76 Å². The van der Waals surface area contributed by atoms with Gasteiger partial charge >= 0.3 is 0 Å². The van der Waals surface area contributed by atoms with E-state index in [2.05, 4.69) is 25.7 Å². The van der Waals surface area contributed by atoms with E-state index in [0.717, 1.165) is 11.1 Å². The van der Waals surface area contributed by atoms with Crippen LogP contribution >= 0.6 is 0 Å². The van der Waals surface area contributed by atoms with Crippen LogP contribution in [0.25, 0.3) is 33.7 Å². The molecule has 6 aromatic rings. The molecule has 1 atom stereocenters. The van der Waals surface area contributed by atoms with Crippen molar-refractivity contribution in [3.05, 3.63) is 120 Å². The minimum atomic E-state index is -0.460. The van der Waals surface area contributed by atoms with E-state index in [-0.39, 0.29) is 23.5 Å². The minimum absolute atomic E-state index is 0.0816. The standard InChI is InChI=1S/C35H27FN6O5/c1-20(43)40-26-8-4-6-22(16-26)30-31-34(37-19-38-35(31)47-32(30)23-17-39-42(2)18-23)45-27-11-9-25(10-12-27)41-33(44)29-14-13-28(46-29)21-5-3-7-24(36)15-21/h3-5,7-19,22H,6H2,1-2H3,(H,40,43)(H,41,44). The number of benzene rings is 2. The highest BCUT2D eigenvalue weighted by molar-refractivity contribution is 6.02. The van der Waals surface area contributed by atoms with E-state index < -0.39 is 11.7 Å². The summed E-state index contributed by atoms with van der Waals surface area (Å²) in [6, 6.07) is 15.9. The zero-order valence-corrected chi connectivity index (χ0v) is 25.2. The van der Waals surface area contributed by atoms with Crippen LogP contribution in [0, 0.1) is 5.82 Å². The molecule has 234 valence electrons. The Morgan fingerprint density at radius 3 is 2.64 bits per heavy atom. The largest absolute Gasteiger partial charge is 0.451 e. The summed E-state index contributed by atoms with van der Waals surface area (Å²) in [6.45, 7) is 1.46. The Balaban J connectivity index is 1.16.